The van der Waals surface area contributed by atoms with Crippen molar-refractivity contribution in [1.82, 2.24) is 20.0 Å². The highest BCUT2D eigenvalue weighted by atomic mass is 32.1. The minimum absolute atomic E-state index is 0.172. The number of pyridine rings is 2. The average molecular weight is 459 g/mol. The molecule has 4 aromatic rings. The van der Waals surface area contributed by atoms with E-state index in [4.69, 9.17) is 4.52 Å². The zero-order chi connectivity index (χ0) is 22.3. The van der Waals surface area contributed by atoms with E-state index in [0.717, 1.165) is 11.6 Å². The van der Waals surface area contributed by atoms with Crippen molar-refractivity contribution in [3.63, 3.8) is 0 Å². The van der Waals surface area contributed by atoms with E-state index < -0.39 is 11.9 Å². The molecule has 1 saturated heterocycles. The Hall–Kier alpha value is -3.47. The van der Waals surface area contributed by atoms with Crippen LogP contribution < -0.4 is 4.90 Å². The molecule has 0 aliphatic carbocycles. The number of hydrogen-bond acceptors (Lipinski definition) is 7. The molecule has 0 saturated carbocycles. The molecule has 0 radical (unpaired) electrons. The van der Waals surface area contributed by atoms with E-state index in [9.17, 15) is 18.0 Å². The molecule has 0 atom stereocenters. The van der Waals surface area contributed by atoms with Gasteiger partial charge in [0.15, 0.2) is 0 Å². The molecule has 0 unspecified atom stereocenters. The highest BCUT2D eigenvalue weighted by Crippen LogP contribution is 2.36. The molecule has 0 spiro atoms. The molecule has 5 heterocycles. The van der Waals surface area contributed by atoms with Crippen LogP contribution in [0.5, 0.6) is 0 Å². The van der Waals surface area contributed by atoms with Crippen LogP contribution in [0.1, 0.15) is 16.2 Å². The van der Waals surface area contributed by atoms with Gasteiger partial charge in [0, 0.05) is 49.4 Å². The van der Waals surface area contributed by atoms with Crippen molar-refractivity contribution in [2.24, 2.45) is 0 Å². The maximum Gasteiger partial charge on any atom is 0.433 e. The van der Waals surface area contributed by atoms with Crippen molar-refractivity contribution in [2.45, 2.75) is 6.18 Å². The number of carbonyl (C=O) groups excluding carboxylic acids is 1. The summed E-state index contributed by atoms with van der Waals surface area (Å²) in [4.78, 5) is 24.6. The van der Waals surface area contributed by atoms with Gasteiger partial charge in [0.05, 0.1) is 11.7 Å². The maximum atomic E-state index is 13.3. The summed E-state index contributed by atoms with van der Waals surface area (Å²) in [5, 5.41) is 7.81. The summed E-state index contributed by atoms with van der Waals surface area (Å²) in [5.41, 5.74) is 0.632. The van der Waals surface area contributed by atoms with Gasteiger partial charge in [0.2, 0.25) is 5.76 Å². The third-order valence-corrected chi connectivity index (χ3v) is 6.03. The fourth-order valence-corrected chi connectivity index (χ4v) is 4.40. The number of rotatable bonds is 3. The van der Waals surface area contributed by atoms with Crippen LogP contribution in [0.2, 0.25) is 0 Å². The number of fused-ring (bicyclic) bond motifs is 1. The standard InChI is InChI=1S/C21H16F3N5O2S/c22-21(23,24)17-2-1-14-18(27-17)15(13-4-10-32-12-13)11-25-19(14)28-6-8-29(9-7-28)20(30)16-3-5-26-31-16/h1-5,10-12H,6-9H2. The van der Waals surface area contributed by atoms with Crippen molar-refractivity contribution in [2.75, 3.05) is 31.1 Å². The van der Waals surface area contributed by atoms with E-state index in [-0.39, 0.29) is 17.2 Å². The highest BCUT2D eigenvalue weighted by Gasteiger charge is 2.33. The minimum Gasteiger partial charge on any atom is -0.353 e. The summed E-state index contributed by atoms with van der Waals surface area (Å²) in [6.07, 6.45) is -1.56. The first-order valence-corrected chi connectivity index (χ1v) is 10.7. The molecule has 164 valence electrons. The third-order valence-electron chi connectivity index (χ3n) is 5.34. The number of amides is 1. The molecule has 4 aromatic heterocycles. The van der Waals surface area contributed by atoms with Crippen molar-refractivity contribution in [1.29, 1.82) is 0 Å². The van der Waals surface area contributed by atoms with E-state index in [1.807, 2.05) is 21.7 Å². The van der Waals surface area contributed by atoms with Gasteiger partial charge in [-0.1, -0.05) is 5.16 Å². The molecule has 1 aliphatic rings. The van der Waals surface area contributed by atoms with Crippen LogP contribution in [0.15, 0.2) is 51.9 Å². The van der Waals surface area contributed by atoms with Crippen molar-refractivity contribution >= 4 is 34.0 Å². The van der Waals surface area contributed by atoms with E-state index in [1.54, 1.807) is 11.1 Å². The molecule has 5 rings (SSSR count). The number of aromatic nitrogens is 3. The van der Waals surface area contributed by atoms with E-state index in [0.29, 0.717) is 42.9 Å². The van der Waals surface area contributed by atoms with Crippen LogP contribution in [-0.2, 0) is 6.18 Å². The zero-order valence-corrected chi connectivity index (χ0v) is 17.4. The lowest BCUT2D eigenvalue weighted by Gasteiger charge is -2.35. The van der Waals surface area contributed by atoms with Gasteiger partial charge in [-0.3, -0.25) is 4.79 Å². The summed E-state index contributed by atoms with van der Waals surface area (Å²) in [5.74, 6) is 0.474. The molecule has 11 heteroatoms. The summed E-state index contributed by atoms with van der Waals surface area (Å²) in [6, 6.07) is 5.75. The van der Waals surface area contributed by atoms with Gasteiger partial charge in [-0.05, 0) is 34.5 Å². The first kappa shape index (κ1) is 20.4. The van der Waals surface area contributed by atoms with E-state index in [1.165, 1.54) is 29.7 Å². The summed E-state index contributed by atoms with van der Waals surface area (Å²) >= 11 is 1.45. The lowest BCUT2D eigenvalue weighted by Crippen LogP contribution is -2.49. The van der Waals surface area contributed by atoms with Gasteiger partial charge in [-0.2, -0.15) is 24.5 Å². The Kier molecular flexibility index (Phi) is 5.04. The number of hydrogen-bond donors (Lipinski definition) is 0. The van der Waals surface area contributed by atoms with E-state index in [2.05, 4.69) is 15.1 Å². The minimum atomic E-state index is -4.55. The third kappa shape index (κ3) is 3.68. The molecule has 0 bridgehead atoms. The second-order valence-corrected chi connectivity index (χ2v) is 8.03. The van der Waals surface area contributed by atoms with Crippen LogP contribution in [0.3, 0.4) is 0 Å². The van der Waals surface area contributed by atoms with Gasteiger partial charge in [0.25, 0.3) is 5.91 Å². The quantitative estimate of drug-likeness (QED) is 0.454. The number of alkyl halides is 3. The molecule has 7 nitrogen and oxygen atoms in total. The fraction of sp³-hybridized carbons (Fsp3) is 0.238. The number of anilines is 1. The molecule has 1 fully saturated rings. The molecule has 0 N–H and O–H groups in total. The normalized spacial score (nSPS) is 14.8. The van der Waals surface area contributed by atoms with Gasteiger partial charge in [0.1, 0.15) is 11.5 Å². The molecule has 1 aliphatic heterocycles. The van der Waals surface area contributed by atoms with Gasteiger partial charge in [-0.15, -0.1) is 0 Å². The Morgan fingerprint density at radius 3 is 2.56 bits per heavy atom. The van der Waals surface area contributed by atoms with Crippen LogP contribution >= 0.6 is 11.3 Å². The average Bonchev–Trinajstić information content (AvgIpc) is 3.51. The van der Waals surface area contributed by atoms with Gasteiger partial charge in [-0.25, -0.2) is 9.97 Å². The number of piperazine rings is 1. The predicted molar refractivity (Wildman–Crippen MR) is 112 cm³/mol. The molecule has 0 aromatic carbocycles. The summed E-state index contributed by atoms with van der Waals surface area (Å²) in [7, 11) is 0. The summed E-state index contributed by atoms with van der Waals surface area (Å²) in [6.45, 7) is 1.79. The Labute approximate surface area is 184 Å². The predicted octanol–water partition coefficient (Wildman–Crippen LogP) is 4.33. The number of carbonyl (C=O) groups is 1. The Morgan fingerprint density at radius 2 is 1.91 bits per heavy atom. The van der Waals surface area contributed by atoms with Gasteiger partial charge >= 0.3 is 6.18 Å². The number of thiophene rings is 1. The van der Waals surface area contributed by atoms with Crippen LogP contribution in [0, 0.1) is 0 Å². The van der Waals surface area contributed by atoms with E-state index >= 15 is 0 Å². The Bertz CT molecular complexity index is 1250. The SMILES string of the molecule is O=C(c1ccno1)N1CCN(c2ncc(-c3ccsc3)c3nc(C(F)(F)F)ccc23)CC1. The van der Waals surface area contributed by atoms with Gasteiger partial charge < -0.3 is 14.3 Å². The largest absolute Gasteiger partial charge is 0.433 e. The number of halogens is 3. The molecule has 32 heavy (non-hydrogen) atoms. The summed E-state index contributed by atoms with van der Waals surface area (Å²) < 4.78 is 45.0. The van der Waals surface area contributed by atoms with Crippen molar-refractivity contribution < 1.29 is 22.5 Å². The Balaban J connectivity index is 1.48. The van der Waals surface area contributed by atoms with Crippen LogP contribution in [0.25, 0.3) is 22.0 Å². The van der Waals surface area contributed by atoms with Crippen LogP contribution in [-0.4, -0.2) is 52.1 Å². The first-order valence-electron chi connectivity index (χ1n) is 9.76. The zero-order valence-electron chi connectivity index (χ0n) is 16.5. The smallest absolute Gasteiger partial charge is 0.353 e. The molecular formula is C21H16F3N5O2S. The lowest BCUT2D eigenvalue weighted by atomic mass is 10.1. The fourth-order valence-electron chi connectivity index (χ4n) is 3.74. The van der Waals surface area contributed by atoms with Crippen LogP contribution in [0.4, 0.5) is 19.0 Å². The monoisotopic (exact) mass is 459 g/mol. The second kappa shape index (κ2) is 7.90. The van der Waals surface area contributed by atoms with Crippen molar-refractivity contribution in [3.05, 3.63) is 58.9 Å². The number of nitrogens with zero attached hydrogens (tertiary/aromatic N) is 5. The second-order valence-electron chi connectivity index (χ2n) is 7.25. The first-order chi connectivity index (χ1) is 15.4. The highest BCUT2D eigenvalue weighted by molar-refractivity contribution is 7.08. The topological polar surface area (TPSA) is 75.4 Å². The molecule has 1 amide bonds. The Morgan fingerprint density at radius 1 is 1.09 bits per heavy atom. The van der Waals surface area contributed by atoms with Crippen molar-refractivity contribution in [3.8, 4) is 11.1 Å². The molecular weight excluding hydrogens is 443 g/mol. The maximum absolute atomic E-state index is 13.3. The lowest BCUT2D eigenvalue weighted by molar-refractivity contribution is -0.140.